The highest BCUT2D eigenvalue weighted by Gasteiger charge is 2.23. The molecule has 0 unspecified atom stereocenters. The van der Waals surface area contributed by atoms with Gasteiger partial charge < -0.3 is 9.80 Å². The van der Waals surface area contributed by atoms with E-state index in [0.717, 1.165) is 19.5 Å². The molecule has 0 saturated carbocycles. The van der Waals surface area contributed by atoms with Gasteiger partial charge >= 0.3 is 0 Å². The van der Waals surface area contributed by atoms with E-state index in [2.05, 4.69) is 116 Å². The molecule has 31 heavy (non-hydrogen) atoms. The third-order valence-corrected chi connectivity index (χ3v) is 6.95. The highest BCUT2D eigenvalue weighted by molar-refractivity contribution is 7.18. The number of anilines is 1. The number of rotatable bonds is 6. The summed E-state index contributed by atoms with van der Waals surface area (Å²) in [4.78, 5) is 4.71. The molecule has 2 aromatic carbocycles. The number of hydrogen-bond donors (Lipinski definition) is 0. The van der Waals surface area contributed by atoms with Crippen molar-refractivity contribution in [3.05, 3.63) is 88.1 Å². The Labute approximate surface area is 190 Å². The van der Waals surface area contributed by atoms with E-state index in [-0.39, 0.29) is 0 Å². The molecule has 4 heteroatoms. The van der Waals surface area contributed by atoms with Gasteiger partial charge in [-0.1, -0.05) is 53.3 Å². The second-order valence-electron chi connectivity index (χ2n) is 8.64. The van der Waals surface area contributed by atoms with Crippen LogP contribution in [0.25, 0.3) is 16.3 Å². The van der Waals surface area contributed by atoms with Crippen molar-refractivity contribution < 1.29 is 4.57 Å². The molecule has 3 aromatic rings. The van der Waals surface area contributed by atoms with Crippen LogP contribution in [0.15, 0.2) is 66.4 Å². The summed E-state index contributed by atoms with van der Waals surface area (Å²) >= 11 is 1.84. The highest BCUT2D eigenvalue weighted by atomic mass is 32.1. The van der Waals surface area contributed by atoms with Crippen LogP contribution in [0.3, 0.4) is 0 Å². The van der Waals surface area contributed by atoms with E-state index in [0.29, 0.717) is 0 Å². The number of aromatic nitrogens is 1. The van der Waals surface area contributed by atoms with Gasteiger partial charge in [-0.15, -0.1) is 0 Å². The van der Waals surface area contributed by atoms with Crippen molar-refractivity contribution in [1.29, 1.82) is 0 Å². The summed E-state index contributed by atoms with van der Waals surface area (Å²) in [5.74, 6) is 0. The third-order valence-electron chi connectivity index (χ3n) is 5.79. The molecular formula is C27H32N3S+. The van der Waals surface area contributed by atoms with Gasteiger partial charge in [-0.25, -0.2) is 0 Å². The fourth-order valence-corrected chi connectivity index (χ4v) is 5.23. The molecule has 0 aliphatic carbocycles. The van der Waals surface area contributed by atoms with E-state index in [9.17, 15) is 0 Å². The van der Waals surface area contributed by atoms with Crippen LogP contribution in [0.5, 0.6) is 0 Å². The van der Waals surface area contributed by atoms with Gasteiger partial charge in [0.15, 0.2) is 0 Å². The molecule has 2 heterocycles. The molecular weight excluding hydrogens is 398 g/mol. The summed E-state index contributed by atoms with van der Waals surface area (Å²) in [6.07, 6.45) is 11.9. The van der Waals surface area contributed by atoms with Crippen molar-refractivity contribution in [3.63, 3.8) is 0 Å². The lowest BCUT2D eigenvalue weighted by Gasteiger charge is -2.23. The Morgan fingerprint density at radius 1 is 1.03 bits per heavy atom. The number of nitrogens with zero attached hydrogens (tertiary/aromatic N) is 3. The van der Waals surface area contributed by atoms with Crippen LogP contribution in [0.1, 0.15) is 21.7 Å². The molecule has 0 saturated heterocycles. The SMILES string of the molecule is Cc1ccc2c(c1)CC(=CC=CC=Cc1sc3cc(C)ccc3[n+]1C)N2CCN(C)C. The first-order valence-corrected chi connectivity index (χ1v) is 11.7. The number of thiazole rings is 1. The minimum absolute atomic E-state index is 1.00. The highest BCUT2D eigenvalue weighted by Crippen LogP contribution is 2.35. The fraction of sp³-hybridized carbons (Fsp3) is 0.296. The number of hydrogen-bond acceptors (Lipinski definition) is 3. The normalized spacial score (nSPS) is 15.4. The summed E-state index contributed by atoms with van der Waals surface area (Å²) in [6, 6.07) is 13.5. The van der Waals surface area contributed by atoms with Gasteiger partial charge in [-0.05, 0) is 57.3 Å². The number of aryl methyl sites for hydroxylation is 3. The van der Waals surface area contributed by atoms with E-state index in [1.54, 1.807) is 0 Å². The van der Waals surface area contributed by atoms with Gasteiger partial charge in [-0.2, -0.15) is 4.57 Å². The predicted molar refractivity (Wildman–Crippen MR) is 135 cm³/mol. The standard InChI is InChI=1S/C27H32N3S/c1-20-11-13-24-22(17-20)19-23(30(24)16-15-28(3)4)9-7-6-8-10-27-29(5)25-14-12-21(2)18-26(25)31-27/h6-14,17-18H,15-16,19H2,1-5H3/q+1. The van der Waals surface area contributed by atoms with E-state index >= 15 is 0 Å². The quantitative estimate of drug-likeness (QED) is 0.382. The molecule has 1 aromatic heterocycles. The molecule has 1 aliphatic heterocycles. The number of fused-ring (bicyclic) bond motifs is 2. The molecule has 0 amide bonds. The average Bonchev–Trinajstić information content (AvgIpc) is 3.22. The monoisotopic (exact) mass is 430 g/mol. The Hall–Kier alpha value is -2.69. The second kappa shape index (κ2) is 9.21. The molecule has 0 N–H and O–H groups in total. The second-order valence-corrected chi connectivity index (χ2v) is 9.70. The molecule has 0 bridgehead atoms. The molecule has 1 aliphatic rings. The Morgan fingerprint density at radius 2 is 1.81 bits per heavy atom. The maximum Gasteiger partial charge on any atom is 0.262 e. The summed E-state index contributed by atoms with van der Waals surface area (Å²) in [6.45, 7) is 6.37. The fourth-order valence-electron chi connectivity index (χ4n) is 4.07. The number of benzene rings is 2. The van der Waals surface area contributed by atoms with Crippen molar-refractivity contribution in [1.82, 2.24) is 4.90 Å². The van der Waals surface area contributed by atoms with Crippen molar-refractivity contribution in [2.24, 2.45) is 7.05 Å². The first-order valence-electron chi connectivity index (χ1n) is 10.9. The van der Waals surface area contributed by atoms with Crippen LogP contribution in [0.2, 0.25) is 0 Å². The summed E-state index contributed by atoms with van der Waals surface area (Å²) < 4.78 is 3.60. The first kappa shape index (κ1) is 21.5. The number of allylic oxidation sites excluding steroid dienone is 5. The predicted octanol–water partition coefficient (Wildman–Crippen LogP) is 5.42. The molecule has 0 spiro atoms. The van der Waals surface area contributed by atoms with Gasteiger partial charge in [0.25, 0.3) is 5.01 Å². The van der Waals surface area contributed by atoms with Crippen molar-refractivity contribution in [3.8, 4) is 0 Å². The van der Waals surface area contributed by atoms with E-state index in [1.807, 2.05) is 11.3 Å². The molecule has 3 nitrogen and oxygen atoms in total. The van der Waals surface area contributed by atoms with Crippen LogP contribution in [0, 0.1) is 13.8 Å². The van der Waals surface area contributed by atoms with E-state index in [1.165, 1.54) is 43.3 Å². The molecule has 0 fully saturated rings. The van der Waals surface area contributed by atoms with Gasteiger partial charge in [0, 0.05) is 43.0 Å². The minimum Gasteiger partial charge on any atom is -0.343 e. The lowest BCUT2D eigenvalue weighted by atomic mass is 10.1. The third kappa shape index (κ3) is 4.81. The summed E-state index contributed by atoms with van der Waals surface area (Å²) in [5.41, 5.74) is 8.09. The molecule has 0 radical (unpaired) electrons. The Morgan fingerprint density at radius 3 is 2.61 bits per heavy atom. The van der Waals surface area contributed by atoms with Crippen molar-refractivity contribution >= 4 is 33.3 Å². The van der Waals surface area contributed by atoms with Crippen LogP contribution >= 0.6 is 11.3 Å². The van der Waals surface area contributed by atoms with Crippen LogP contribution in [-0.2, 0) is 13.5 Å². The smallest absolute Gasteiger partial charge is 0.262 e. The lowest BCUT2D eigenvalue weighted by molar-refractivity contribution is -0.642. The average molecular weight is 431 g/mol. The van der Waals surface area contributed by atoms with Crippen molar-refractivity contribution in [2.75, 3.05) is 32.1 Å². The van der Waals surface area contributed by atoms with Crippen LogP contribution in [-0.4, -0.2) is 32.1 Å². The maximum atomic E-state index is 2.47. The van der Waals surface area contributed by atoms with Crippen molar-refractivity contribution in [2.45, 2.75) is 20.3 Å². The Bertz CT molecular complexity index is 1180. The maximum absolute atomic E-state index is 2.47. The first-order chi connectivity index (χ1) is 14.9. The van der Waals surface area contributed by atoms with Gasteiger partial charge in [-0.3, -0.25) is 0 Å². The zero-order chi connectivity index (χ0) is 22.0. The van der Waals surface area contributed by atoms with Crippen LogP contribution < -0.4 is 9.47 Å². The zero-order valence-corrected chi connectivity index (χ0v) is 20.0. The Kier molecular flexibility index (Phi) is 6.40. The lowest BCUT2D eigenvalue weighted by Crippen LogP contribution is -2.29. The van der Waals surface area contributed by atoms with E-state index < -0.39 is 0 Å². The largest absolute Gasteiger partial charge is 0.343 e. The van der Waals surface area contributed by atoms with Gasteiger partial charge in [0.05, 0.1) is 0 Å². The van der Waals surface area contributed by atoms with Crippen LogP contribution in [0.4, 0.5) is 5.69 Å². The zero-order valence-electron chi connectivity index (χ0n) is 19.2. The van der Waals surface area contributed by atoms with Gasteiger partial charge in [0.1, 0.15) is 11.7 Å². The molecule has 160 valence electrons. The van der Waals surface area contributed by atoms with E-state index in [4.69, 9.17) is 0 Å². The minimum atomic E-state index is 1.00. The topological polar surface area (TPSA) is 10.4 Å². The summed E-state index contributed by atoms with van der Waals surface area (Å²) in [7, 11) is 6.41. The Balaban J connectivity index is 1.51. The number of likely N-dealkylation sites (N-methyl/N-ethyl adjacent to an activating group) is 1. The van der Waals surface area contributed by atoms with Gasteiger partial charge in [0.2, 0.25) is 5.52 Å². The molecule has 4 rings (SSSR count). The summed E-state index contributed by atoms with van der Waals surface area (Å²) in [5, 5.41) is 1.26. The molecule has 0 atom stereocenters.